The predicted molar refractivity (Wildman–Crippen MR) is 73.1 cm³/mol. The molecule has 1 unspecified atom stereocenters. The number of imidazole rings is 1. The fourth-order valence-electron chi connectivity index (χ4n) is 2.52. The van der Waals surface area contributed by atoms with Gasteiger partial charge in [-0.15, -0.1) is 0 Å². The SMILES string of the molecule is CN1CCCC(N(C)S(=O)(=O)c2c(N)ncn2C)C1. The van der Waals surface area contributed by atoms with Gasteiger partial charge in [-0.1, -0.05) is 0 Å². The average molecular weight is 287 g/mol. The van der Waals surface area contributed by atoms with Crippen molar-refractivity contribution in [1.82, 2.24) is 18.8 Å². The Labute approximate surface area is 114 Å². The number of nitrogens with zero attached hydrogens (tertiary/aromatic N) is 4. The van der Waals surface area contributed by atoms with Crippen molar-refractivity contribution >= 4 is 15.8 Å². The number of hydrogen-bond donors (Lipinski definition) is 1. The lowest BCUT2D eigenvalue weighted by molar-refractivity contribution is 0.187. The molecule has 1 aliphatic rings. The number of rotatable bonds is 3. The molecule has 1 atom stereocenters. The molecule has 1 fully saturated rings. The van der Waals surface area contributed by atoms with Gasteiger partial charge in [0, 0.05) is 26.7 Å². The molecule has 1 saturated heterocycles. The third-order valence-corrected chi connectivity index (χ3v) is 5.69. The summed E-state index contributed by atoms with van der Waals surface area (Å²) in [4.78, 5) is 6.00. The molecule has 0 bridgehead atoms. The van der Waals surface area contributed by atoms with Crippen molar-refractivity contribution in [1.29, 1.82) is 0 Å². The van der Waals surface area contributed by atoms with Crippen molar-refractivity contribution in [3.63, 3.8) is 0 Å². The minimum Gasteiger partial charge on any atom is -0.381 e. The molecular weight excluding hydrogens is 266 g/mol. The lowest BCUT2D eigenvalue weighted by Crippen LogP contribution is -2.47. The fraction of sp³-hybridized carbons (Fsp3) is 0.727. The number of likely N-dealkylation sites (tertiary alicyclic amines) is 1. The largest absolute Gasteiger partial charge is 0.381 e. The predicted octanol–water partition coefficient (Wildman–Crippen LogP) is -0.283. The number of aromatic nitrogens is 2. The van der Waals surface area contributed by atoms with E-state index < -0.39 is 10.0 Å². The molecule has 2 N–H and O–H groups in total. The van der Waals surface area contributed by atoms with Gasteiger partial charge in [-0.05, 0) is 26.4 Å². The second-order valence-electron chi connectivity index (χ2n) is 5.13. The number of piperidine rings is 1. The van der Waals surface area contributed by atoms with Gasteiger partial charge < -0.3 is 15.2 Å². The van der Waals surface area contributed by atoms with Crippen LogP contribution in [0.5, 0.6) is 0 Å². The first-order valence-electron chi connectivity index (χ1n) is 6.27. The van der Waals surface area contributed by atoms with E-state index in [1.165, 1.54) is 15.2 Å². The third kappa shape index (κ3) is 2.60. The smallest absolute Gasteiger partial charge is 0.262 e. The maximum atomic E-state index is 12.6. The number of aryl methyl sites for hydroxylation is 1. The Balaban J connectivity index is 2.29. The Morgan fingerprint density at radius 2 is 2.16 bits per heavy atom. The normalized spacial score (nSPS) is 22.0. The maximum Gasteiger partial charge on any atom is 0.262 e. The monoisotopic (exact) mass is 287 g/mol. The molecule has 8 heteroatoms. The van der Waals surface area contributed by atoms with E-state index in [2.05, 4.69) is 9.88 Å². The highest BCUT2D eigenvalue weighted by molar-refractivity contribution is 7.89. The van der Waals surface area contributed by atoms with E-state index in [0.717, 1.165) is 25.9 Å². The van der Waals surface area contributed by atoms with Crippen LogP contribution >= 0.6 is 0 Å². The lowest BCUT2D eigenvalue weighted by atomic mass is 10.1. The maximum absolute atomic E-state index is 12.6. The first kappa shape index (κ1) is 14.3. The van der Waals surface area contributed by atoms with Gasteiger partial charge in [0.1, 0.15) is 0 Å². The zero-order chi connectivity index (χ0) is 14.2. The van der Waals surface area contributed by atoms with Crippen LogP contribution in [0.2, 0.25) is 0 Å². The molecule has 1 aliphatic heterocycles. The second-order valence-corrected chi connectivity index (χ2v) is 7.04. The number of nitrogens with two attached hydrogens (primary N) is 1. The van der Waals surface area contributed by atoms with Gasteiger partial charge in [-0.2, -0.15) is 4.31 Å². The van der Waals surface area contributed by atoms with Crippen molar-refractivity contribution in [2.75, 3.05) is 32.9 Å². The lowest BCUT2D eigenvalue weighted by Gasteiger charge is -2.35. The van der Waals surface area contributed by atoms with E-state index >= 15 is 0 Å². The number of nitrogen functional groups attached to an aromatic ring is 1. The van der Waals surface area contributed by atoms with Gasteiger partial charge in [-0.3, -0.25) is 0 Å². The average Bonchev–Trinajstić information content (AvgIpc) is 2.68. The molecule has 7 nitrogen and oxygen atoms in total. The summed E-state index contributed by atoms with van der Waals surface area (Å²) in [6.45, 7) is 1.76. The molecule has 2 rings (SSSR count). The molecule has 1 aromatic rings. The van der Waals surface area contributed by atoms with Gasteiger partial charge in [0.25, 0.3) is 10.0 Å². The molecule has 1 aromatic heterocycles. The Hall–Kier alpha value is -1.12. The molecule has 0 spiro atoms. The van der Waals surface area contributed by atoms with Crippen LogP contribution in [0.3, 0.4) is 0 Å². The van der Waals surface area contributed by atoms with Crippen molar-refractivity contribution in [3.05, 3.63) is 6.33 Å². The van der Waals surface area contributed by atoms with E-state index in [4.69, 9.17) is 5.73 Å². The first-order valence-corrected chi connectivity index (χ1v) is 7.71. The molecule has 0 amide bonds. The van der Waals surface area contributed by atoms with Crippen LogP contribution in [0.25, 0.3) is 0 Å². The zero-order valence-corrected chi connectivity index (χ0v) is 12.4. The highest BCUT2D eigenvalue weighted by Crippen LogP contribution is 2.24. The minimum absolute atomic E-state index is 0.0157. The van der Waals surface area contributed by atoms with E-state index in [-0.39, 0.29) is 16.9 Å². The Morgan fingerprint density at radius 1 is 1.47 bits per heavy atom. The van der Waals surface area contributed by atoms with E-state index in [9.17, 15) is 8.42 Å². The minimum atomic E-state index is -3.60. The summed E-state index contributed by atoms with van der Waals surface area (Å²) in [6.07, 6.45) is 3.29. The molecule has 19 heavy (non-hydrogen) atoms. The summed E-state index contributed by atoms with van der Waals surface area (Å²) in [5.74, 6) is 0.0542. The molecule has 108 valence electrons. The van der Waals surface area contributed by atoms with Crippen LogP contribution in [-0.2, 0) is 17.1 Å². The van der Waals surface area contributed by atoms with Crippen molar-refractivity contribution in [3.8, 4) is 0 Å². The molecule has 2 heterocycles. The molecule has 0 aromatic carbocycles. The van der Waals surface area contributed by atoms with Crippen LogP contribution in [0, 0.1) is 0 Å². The molecule has 0 saturated carbocycles. The van der Waals surface area contributed by atoms with Crippen LogP contribution < -0.4 is 5.73 Å². The van der Waals surface area contributed by atoms with Crippen molar-refractivity contribution in [2.45, 2.75) is 23.9 Å². The van der Waals surface area contributed by atoms with E-state index in [1.54, 1.807) is 14.1 Å². The fourth-order valence-corrected chi connectivity index (χ4v) is 4.09. The Bertz CT molecular complexity index is 534. The third-order valence-electron chi connectivity index (χ3n) is 3.65. The van der Waals surface area contributed by atoms with Crippen LogP contribution in [-0.4, -0.2) is 60.4 Å². The first-order chi connectivity index (χ1) is 8.84. The summed E-state index contributed by atoms with van der Waals surface area (Å²) in [5, 5.41) is 0.0724. The summed E-state index contributed by atoms with van der Waals surface area (Å²) in [5.41, 5.74) is 5.67. The zero-order valence-electron chi connectivity index (χ0n) is 11.6. The summed E-state index contributed by atoms with van der Waals surface area (Å²) in [6, 6.07) is -0.0157. The van der Waals surface area contributed by atoms with Gasteiger partial charge in [0.05, 0.1) is 6.33 Å². The summed E-state index contributed by atoms with van der Waals surface area (Å²) >= 11 is 0. The standard InChI is InChI=1S/C11H21N5O2S/c1-14-6-4-5-9(7-14)16(3)19(17,18)11-10(12)13-8-15(11)2/h8-9H,4-7,12H2,1-3H3. The number of anilines is 1. The van der Waals surface area contributed by atoms with E-state index in [0.29, 0.717) is 0 Å². The number of hydrogen-bond acceptors (Lipinski definition) is 5. The van der Waals surface area contributed by atoms with Gasteiger partial charge in [0.2, 0.25) is 0 Å². The number of likely N-dealkylation sites (N-methyl/N-ethyl adjacent to an activating group) is 2. The highest BCUT2D eigenvalue weighted by Gasteiger charge is 2.33. The second kappa shape index (κ2) is 5.10. The van der Waals surface area contributed by atoms with Crippen molar-refractivity contribution in [2.24, 2.45) is 7.05 Å². The van der Waals surface area contributed by atoms with E-state index in [1.807, 2.05) is 7.05 Å². The number of sulfonamides is 1. The van der Waals surface area contributed by atoms with Crippen LogP contribution in [0.15, 0.2) is 11.4 Å². The molecule has 0 aliphatic carbocycles. The highest BCUT2D eigenvalue weighted by atomic mass is 32.2. The Kier molecular flexibility index (Phi) is 3.84. The van der Waals surface area contributed by atoms with Gasteiger partial charge in [-0.25, -0.2) is 13.4 Å². The molecule has 0 radical (unpaired) electrons. The van der Waals surface area contributed by atoms with Gasteiger partial charge >= 0.3 is 0 Å². The summed E-state index contributed by atoms with van der Waals surface area (Å²) < 4.78 is 28.1. The van der Waals surface area contributed by atoms with Crippen LogP contribution in [0.4, 0.5) is 5.82 Å². The molecular formula is C11H21N5O2S. The van der Waals surface area contributed by atoms with Crippen molar-refractivity contribution < 1.29 is 8.42 Å². The van der Waals surface area contributed by atoms with Gasteiger partial charge in [0.15, 0.2) is 10.8 Å². The topological polar surface area (TPSA) is 84.5 Å². The quantitative estimate of drug-likeness (QED) is 0.826. The summed E-state index contributed by atoms with van der Waals surface area (Å²) in [7, 11) is 1.66. The van der Waals surface area contributed by atoms with Crippen LogP contribution in [0.1, 0.15) is 12.8 Å². The Morgan fingerprint density at radius 3 is 2.68 bits per heavy atom.